The minimum absolute atomic E-state index is 0.0254. The molecule has 2 aromatic carbocycles. The van der Waals surface area contributed by atoms with Crippen LogP contribution in [0.1, 0.15) is 37.3 Å². The van der Waals surface area contributed by atoms with E-state index in [1.165, 1.54) is 5.56 Å². The highest BCUT2D eigenvalue weighted by molar-refractivity contribution is 5.35. The van der Waals surface area contributed by atoms with Crippen LogP contribution in [0.15, 0.2) is 54.6 Å². The van der Waals surface area contributed by atoms with E-state index in [0.717, 1.165) is 44.2 Å². The van der Waals surface area contributed by atoms with Gasteiger partial charge in [0.1, 0.15) is 5.75 Å². The van der Waals surface area contributed by atoms with E-state index in [-0.39, 0.29) is 5.92 Å². The number of benzene rings is 2. The van der Waals surface area contributed by atoms with Gasteiger partial charge in [-0.05, 0) is 35.6 Å². The van der Waals surface area contributed by atoms with Crippen molar-refractivity contribution in [3.05, 3.63) is 65.7 Å². The van der Waals surface area contributed by atoms with Gasteiger partial charge < -0.3 is 14.6 Å². The fourth-order valence-corrected chi connectivity index (χ4v) is 4.22. The average Bonchev–Trinajstić information content (AvgIpc) is 2.73. The second kappa shape index (κ2) is 9.55. The summed E-state index contributed by atoms with van der Waals surface area (Å²) in [7, 11) is 1.67. The minimum Gasteiger partial charge on any atom is -0.497 e. The van der Waals surface area contributed by atoms with Crippen molar-refractivity contribution in [2.24, 2.45) is 5.92 Å². The van der Waals surface area contributed by atoms with Gasteiger partial charge >= 0.3 is 0 Å². The molecular formula is C24H33NO3. The lowest BCUT2D eigenvalue weighted by molar-refractivity contribution is -0.0356. The van der Waals surface area contributed by atoms with Gasteiger partial charge in [-0.2, -0.15) is 0 Å². The third kappa shape index (κ3) is 4.93. The molecule has 1 aliphatic rings. The average molecular weight is 384 g/mol. The van der Waals surface area contributed by atoms with E-state index in [0.29, 0.717) is 12.3 Å². The zero-order valence-electron chi connectivity index (χ0n) is 17.3. The molecule has 0 amide bonds. The molecule has 0 spiro atoms. The predicted octanol–water partition coefficient (Wildman–Crippen LogP) is 4.04. The van der Waals surface area contributed by atoms with Gasteiger partial charge in [0.2, 0.25) is 0 Å². The Bertz CT molecular complexity index is 710. The largest absolute Gasteiger partial charge is 0.497 e. The van der Waals surface area contributed by atoms with Crippen LogP contribution in [0.25, 0.3) is 0 Å². The molecule has 0 bridgehead atoms. The van der Waals surface area contributed by atoms with Crippen molar-refractivity contribution in [3.8, 4) is 5.75 Å². The van der Waals surface area contributed by atoms with Gasteiger partial charge in [-0.15, -0.1) is 0 Å². The van der Waals surface area contributed by atoms with Crippen LogP contribution >= 0.6 is 0 Å². The summed E-state index contributed by atoms with van der Waals surface area (Å²) in [5, 5.41) is 12.2. The lowest BCUT2D eigenvalue weighted by Crippen LogP contribution is -2.45. The predicted molar refractivity (Wildman–Crippen MR) is 113 cm³/mol. The molecule has 3 rings (SSSR count). The quantitative estimate of drug-likeness (QED) is 0.747. The summed E-state index contributed by atoms with van der Waals surface area (Å²) in [5.41, 5.74) is 1.16. The van der Waals surface area contributed by atoms with Crippen LogP contribution in [0.5, 0.6) is 5.75 Å². The van der Waals surface area contributed by atoms with Gasteiger partial charge in [-0.3, -0.25) is 4.90 Å². The number of rotatable bonds is 8. The molecule has 1 aliphatic heterocycles. The molecule has 1 fully saturated rings. The molecule has 2 atom stereocenters. The van der Waals surface area contributed by atoms with Crippen LogP contribution in [0.3, 0.4) is 0 Å². The highest BCUT2D eigenvalue weighted by Crippen LogP contribution is 2.43. The van der Waals surface area contributed by atoms with Gasteiger partial charge in [0, 0.05) is 25.6 Å². The third-order valence-corrected chi connectivity index (χ3v) is 5.63. The van der Waals surface area contributed by atoms with Gasteiger partial charge in [0.25, 0.3) is 0 Å². The van der Waals surface area contributed by atoms with Crippen molar-refractivity contribution in [1.82, 2.24) is 4.90 Å². The van der Waals surface area contributed by atoms with Crippen LogP contribution in [0, 0.1) is 5.92 Å². The van der Waals surface area contributed by atoms with Crippen molar-refractivity contribution in [2.45, 2.75) is 31.8 Å². The number of aliphatic hydroxyl groups is 1. The molecule has 0 unspecified atom stereocenters. The summed E-state index contributed by atoms with van der Waals surface area (Å²) >= 11 is 0. The van der Waals surface area contributed by atoms with Crippen molar-refractivity contribution in [1.29, 1.82) is 0 Å². The summed E-state index contributed by atoms with van der Waals surface area (Å²) in [4.78, 5) is 2.41. The number of methoxy groups -OCH3 is 1. The Labute approximate surface area is 169 Å². The number of hydrogen-bond acceptors (Lipinski definition) is 4. The molecule has 0 aliphatic carbocycles. The molecule has 152 valence electrons. The van der Waals surface area contributed by atoms with Crippen molar-refractivity contribution in [2.75, 3.05) is 40.0 Å². The standard InChI is InChI=1S/C24H33NO3/c1-19(2)17-24(26,21-9-11-22(27-3)12-10-21)23(20-7-5-4-6-8-20)18-25-13-15-28-16-14-25/h4-12,19,23,26H,13-18H2,1-3H3/t23-,24-/m1/s1. The van der Waals surface area contributed by atoms with Crippen LogP contribution in [-0.4, -0.2) is 50.0 Å². The monoisotopic (exact) mass is 383 g/mol. The Hall–Kier alpha value is -1.88. The molecule has 0 saturated carbocycles. The molecule has 4 heteroatoms. The molecule has 4 nitrogen and oxygen atoms in total. The van der Waals surface area contributed by atoms with E-state index in [4.69, 9.17) is 9.47 Å². The van der Waals surface area contributed by atoms with Crippen molar-refractivity contribution < 1.29 is 14.6 Å². The van der Waals surface area contributed by atoms with Gasteiger partial charge in [0.05, 0.1) is 25.9 Å². The summed E-state index contributed by atoms with van der Waals surface area (Å²) in [6.45, 7) is 8.48. The topological polar surface area (TPSA) is 41.9 Å². The molecule has 0 aromatic heterocycles. The number of hydrogen-bond donors (Lipinski definition) is 1. The second-order valence-corrected chi connectivity index (χ2v) is 8.13. The van der Waals surface area contributed by atoms with Crippen molar-refractivity contribution in [3.63, 3.8) is 0 Å². The normalized spacial score (nSPS) is 18.6. The maximum atomic E-state index is 12.2. The molecule has 1 saturated heterocycles. The minimum atomic E-state index is -0.958. The first-order chi connectivity index (χ1) is 13.5. The maximum Gasteiger partial charge on any atom is 0.118 e. The van der Waals surface area contributed by atoms with E-state index >= 15 is 0 Å². The Morgan fingerprint density at radius 1 is 1.04 bits per heavy atom. The summed E-state index contributed by atoms with van der Waals surface area (Å²) < 4.78 is 10.9. The Kier molecular flexibility index (Phi) is 7.11. The Morgan fingerprint density at radius 2 is 1.68 bits per heavy atom. The van der Waals surface area contributed by atoms with E-state index in [9.17, 15) is 5.11 Å². The van der Waals surface area contributed by atoms with E-state index in [1.54, 1.807) is 7.11 Å². The van der Waals surface area contributed by atoms with Crippen LogP contribution in [0.2, 0.25) is 0 Å². The first-order valence-corrected chi connectivity index (χ1v) is 10.2. The summed E-state index contributed by atoms with van der Waals surface area (Å²) in [5.74, 6) is 1.14. The number of ether oxygens (including phenoxy) is 2. The molecule has 28 heavy (non-hydrogen) atoms. The third-order valence-electron chi connectivity index (χ3n) is 5.63. The second-order valence-electron chi connectivity index (χ2n) is 8.13. The lowest BCUT2D eigenvalue weighted by Gasteiger charge is -2.42. The van der Waals surface area contributed by atoms with Crippen molar-refractivity contribution >= 4 is 0 Å². The number of morpholine rings is 1. The van der Waals surface area contributed by atoms with E-state index < -0.39 is 5.60 Å². The number of nitrogens with zero attached hydrogens (tertiary/aromatic N) is 1. The Morgan fingerprint density at radius 3 is 2.25 bits per heavy atom. The summed E-state index contributed by atoms with van der Waals surface area (Å²) in [6, 6.07) is 18.3. The Balaban J connectivity index is 2.01. The fourth-order valence-electron chi connectivity index (χ4n) is 4.22. The van der Waals surface area contributed by atoms with Crippen LogP contribution in [-0.2, 0) is 10.3 Å². The summed E-state index contributed by atoms with van der Waals surface area (Å²) in [6.07, 6.45) is 0.698. The zero-order valence-corrected chi connectivity index (χ0v) is 17.3. The lowest BCUT2D eigenvalue weighted by atomic mass is 9.72. The molecular weight excluding hydrogens is 350 g/mol. The molecule has 1 heterocycles. The van der Waals surface area contributed by atoms with Crippen LogP contribution < -0.4 is 4.74 Å². The first-order valence-electron chi connectivity index (χ1n) is 10.2. The van der Waals surface area contributed by atoms with Gasteiger partial charge in [-0.25, -0.2) is 0 Å². The zero-order chi connectivity index (χ0) is 20.0. The molecule has 2 aromatic rings. The smallest absolute Gasteiger partial charge is 0.118 e. The van der Waals surface area contributed by atoms with Crippen LogP contribution in [0.4, 0.5) is 0 Å². The highest BCUT2D eigenvalue weighted by Gasteiger charge is 2.41. The van der Waals surface area contributed by atoms with E-state index in [1.807, 2.05) is 30.3 Å². The van der Waals surface area contributed by atoms with E-state index in [2.05, 4.69) is 43.0 Å². The van der Waals surface area contributed by atoms with Gasteiger partial charge in [-0.1, -0.05) is 56.3 Å². The maximum absolute atomic E-state index is 12.2. The fraction of sp³-hybridized carbons (Fsp3) is 0.500. The SMILES string of the molecule is COc1ccc([C@](O)(CC(C)C)[C@H](CN2CCOCC2)c2ccccc2)cc1. The molecule has 0 radical (unpaired) electrons. The van der Waals surface area contributed by atoms with Gasteiger partial charge in [0.15, 0.2) is 0 Å². The highest BCUT2D eigenvalue weighted by atomic mass is 16.5. The molecule has 1 N–H and O–H groups in total. The first kappa shape index (κ1) is 20.8.